The topological polar surface area (TPSA) is 142 Å². The van der Waals surface area contributed by atoms with E-state index in [2.05, 4.69) is 5.32 Å². The highest BCUT2D eigenvalue weighted by molar-refractivity contribution is 7.09. The molecule has 0 aromatic carbocycles. The van der Waals surface area contributed by atoms with Gasteiger partial charge in [-0.3, -0.25) is 22.5 Å². The van der Waals surface area contributed by atoms with Crippen LogP contribution in [0.15, 0.2) is 17.5 Å². The van der Waals surface area contributed by atoms with Gasteiger partial charge in [-0.15, -0.1) is 11.3 Å². The summed E-state index contributed by atoms with van der Waals surface area (Å²) in [6, 6.07) is 3.79. The Morgan fingerprint density at radius 3 is 2.61 bits per heavy atom. The number of nitrogens with one attached hydrogen (secondary N) is 1. The summed E-state index contributed by atoms with van der Waals surface area (Å²) in [6.45, 7) is 0.415. The van der Waals surface area contributed by atoms with Crippen molar-refractivity contribution in [2.45, 2.75) is 18.9 Å². The van der Waals surface area contributed by atoms with Crippen molar-refractivity contribution in [1.29, 1.82) is 0 Å². The van der Waals surface area contributed by atoms with Crippen molar-refractivity contribution in [1.82, 2.24) is 5.32 Å². The Kier molecular flexibility index (Phi) is 3.36. The van der Waals surface area contributed by atoms with Crippen molar-refractivity contribution < 1.29 is 9.48 Å². The van der Waals surface area contributed by atoms with Gasteiger partial charge in [0.25, 0.3) is 6.17 Å². The van der Waals surface area contributed by atoms with Crippen LogP contribution in [0.5, 0.6) is 0 Å². The average Bonchev–Trinajstić information content (AvgIpc) is 2.87. The van der Waals surface area contributed by atoms with Crippen molar-refractivity contribution >= 4 is 23.0 Å². The number of nitrogens with two attached hydrogens (primary N) is 3. The number of nitrogens with zero attached hydrogens (tertiary/aromatic N) is 2. The van der Waals surface area contributed by atoms with Crippen LogP contribution in [-0.2, 0) is 6.54 Å². The highest BCUT2D eigenvalue weighted by atomic mass is 32.1. The first kappa shape index (κ1) is 12.6. The van der Waals surface area contributed by atoms with Gasteiger partial charge < -0.3 is 10.4 Å². The van der Waals surface area contributed by atoms with Crippen LogP contribution in [0.4, 0.5) is 0 Å². The van der Waals surface area contributed by atoms with E-state index in [1.807, 2.05) is 17.5 Å². The lowest BCUT2D eigenvalue weighted by Crippen LogP contribution is -2.64. The lowest BCUT2D eigenvalue weighted by molar-refractivity contribution is -0.564. The van der Waals surface area contributed by atoms with Gasteiger partial charge in [-0.25, -0.2) is 9.48 Å². The van der Waals surface area contributed by atoms with Crippen LogP contribution >= 0.6 is 11.3 Å². The molecule has 7 N–H and O–H groups in total. The minimum atomic E-state index is -1.23. The van der Waals surface area contributed by atoms with Gasteiger partial charge >= 0.3 is 11.7 Å². The Bertz CT molecular complexity index is 471. The van der Waals surface area contributed by atoms with Crippen molar-refractivity contribution in [2.24, 2.45) is 17.2 Å². The molecule has 0 saturated heterocycles. The fourth-order valence-corrected chi connectivity index (χ4v) is 2.25. The summed E-state index contributed by atoms with van der Waals surface area (Å²) in [5, 5.41) is 28.2. The monoisotopic (exact) mass is 270 g/mol. The quantitative estimate of drug-likeness (QED) is 0.377. The predicted molar refractivity (Wildman–Crippen MR) is 68.6 cm³/mol. The predicted octanol–water partition coefficient (Wildman–Crippen LogP) is -1.80. The second kappa shape index (κ2) is 4.80. The third kappa shape index (κ3) is 2.10. The highest BCUT2D eigenvalue weighted by Crippen LogP contribution is 2.08. The van der Waals surface area contributed by atoms with E-state index in [4.69, 9.17) is 17.2 Å². The zero-order chi connectivity index (χ0) is 13.3. The molecule has 0 spiro atoms. The molecule has 1 aromatic rings. The maximum Gasteiger partial charge on any atom is 0.309 e. The minimum Gasteiger partial charge on any atom is -0.714 e. The average molecular weight is 270 g/mol. The Morgan fingerprint density at radius 1 is 1.28 bits per heavy atom. The van der Waals surface area contributed by atoms with E-state index in [0.29, 0.717) is 16.0 Å². The van der Waals surface area contributed by atoms with Crippen molar-refractivity contribution in [3.63, 3.8) is 0 Å². The molecule has 9 heteroatoms. The van der Waals surface area contributed by atoms with Crippen LogP contribution in [0.2, 0.25) is 0 Å². The van der Waals surface area contributed by atoms with Gasteiger partial charge in [0.15, 0.2) is 0 Å². The normalized spacial score (nSPS) is 24.7. The fraction of sp³-hybridized carbons (Fsp3) is 0.333. The summed E-state index contributed by atoms with van der Waals surface area (Å²) in [5.41, 5.74) is 16.5. The standard InChI is InChI=1S/C9H14N6O2S/c10-6-7(11)15(17)9(8(12)14(6)16)13-4-5-2-1-3-18-5/h1-3,6,9,13H,4,10-12H2. The first-order valence-corrected chi connectivity index (χ1v) is 6.09. The lowest BCUT2D eigenvalue weighted by Gasteiger charge is -2.30. The molecule has 0 aliphatic carbocycles. The SMILES string of the molecule is NC1=[N+]([O-])C(N)C(N)=[N+]([O-])C1NCc1cccs1. The minimum absolute atomic E-state index is 0.191. The van der Waals surface area contributed by atoms with E-state index in [0.717, 1.165) is 4.88 Å². The Hall–Kier alpha value is -1.84. The van der Waals surface area contributed by atoms with Gasteiger partial charge in [0.2, 0.25) is 6.17 Å². The largest absolute Gasteiger partial charge is 0.714 e. The Balaban J connectivity index is 2.16. The summed E-state index contributed by atoms with van der Waals surface area (Å²) >= 11 is 1.53. The fourth-order valence-electron chi connectivity index (χ4n) is 1.60. The van der Waals surface area contributed by atoms with E-state index in [1.54, 1.807) is 0 Å². The second-order valence-electron chi connectivity index (χ2n) is 3.81. The molecule has 8 nitrogen and oxygen atoms in total. The summed E-state index contributed by atoms with van der Waals surface area (Å²) in [4.78, 5) is 1.02. The second-order valence-corrected chi connectivity index (χ2v) is 4.84. The number of amidine groups is 2. The molecular formula is C9H14N6O2S. The molecule has 0 radical (unpaired) electrons. The molecule has 98 valence electrons. The molecule has 18 heavy (non-hydrogen) atoms. The summed E-state index contributed by atoms with van der Waals surface area (Å²) in [5.74, 6) is -0.453. The first-order valence-electron chi connectivity index (χ1n) is 5.21. The zero-order valence-corrected chi connectivity index (χ0v) is 10.3. The summed E-state index contributed by atoms with van der Waals surface area (Å²) in [6.07, 6.45) is -2.23. The van der Waals surface area contributed by atoms with Gasteiger partial charge in [-0.2, -0.15) is 0 Å². The molecular weight excluding hydrogens is 256 g/mol. The molecule has 0 fully saturated rings. The number of hydrogen-bond donors (Lipinski definition) is 4. The Labute approximate surface area is 107 Å². The maximum absolute atomic E-state index is 11.8. The van der Waals surface area contributed by atoms with Crippen LogP contribution in [0, 0.1) is 10.4 Å². The van der Waals surface area contributed by atoms with Gasteiger partial charge in [-0.05, 0) is 11.4 Å². The van der Waals surface area contributed by atoms with E-state index in [-0.39, 0.29) is 11.7 Å². The van der Waals surface area contributed by atoms with E-state index < -0.39 is 12.3 Å². The van der Waals surface area contributed by atoms with E-state index in [1.165, 1.54) is 11.3 Å². The summed E-state index contributed by atoms with van der Waals surface area (Å²) in [7, 11) is 0. The molecule has 2 rings (SSSR count). The smallest absolute Gasteiger partial charge is 0.309 e. The molecule has 2 unspecified atom stereocenters. The third-order valence-corrected chi connectivity index (χ3v) is 3.51. The molecule has 2 heterocycles. The third-order valence-electron chi connectivity index (χ3n) is 2.63. The summed E-state index contributed by atoms with van der Waals surface area (Å²) < 4.78 is 0.776. The van der Waals surface area contributed by atoms with Gasteiger partial charge in [-0.1, -0.05) is 6.07 Å². The van der Waals surface area contributed by atoms with Crippen LogP contribution in [0.3, 0.4) is 0 Å². The number of hydroxylamine groups is 2. The van der Waals surface area contributed by atoms with Crippen molar-refractivity contribution in [2.75, 3.05) is 0 Å². The van der Waals surface area contributed by atoms with Crippen molar-refractivity contribution in [3.8, 4) is 0 Å². The van der Waals surface area contributed by atoms with Crippen LogP contribution in [-0.4, -0.2) is 33.5 Å². The Morgan fingerprint density at radius 2 is 2.00 bits per heavy atom. The van der Waals surface area contributed by atoms with Crippen LogP contribution in [0.25, 0.3) is 0 Å². The van der Waals surface area contributed by atoms with Crippen molar-refractivity contribution in [3.05, 3.63) is 32.8 Å². The molecule has 1 aromatic heterocycles. The van der Waals surface area contributed by atoms with Gasteiger partial charge in [0, 0.05) is 11.4 Å². The van der Waals surface area contributed by atoms with Crippen LogP contribution < -0.4 is 22.5 Å². The highest BCUT2D eigenvalue weighted by Gasteiger charge is 2.35. The zero-order valence-electron chi connectivity index (χ0n) is 9.45. The molecule has 1 aliphatic heterocycles. The van der Waals surface area contributed by atoms with Gasteiger partial charge in [0.1, 0.15) is 0 Å². The molecule has 0 amide bonds. The lowest BCUT2D eigenvalue weighted by atomic mass is 10.3. The number of hydrogen-bond acceptors (Lipinski definition) is 7. The van der Waals surface area contributed by atoms with Gasteiger partial charge in [0.05, 0.1) is 0 Å². The maximum atomic E-state index is 11.8. The molecule has 0 saturated carbocycles. The number of thiophene rings is 1. The number of rotatable bonds is 3. The van der Waals surface area contributed by atoms with E-state index >= 15 is 0 Å². The molecule has 1 aliphatic rings. The molecule has 2 atom stereocenters. The van der Waals surface area contributed by atoms with Crippen LogP contribution in [0.1, 0.15) is 4.88 Å². The van der Waals surface area contributed by atoms with E-state index in [9.17, 15) is 10.4 Å². The first-order chi connectivity index (χ1) is 8.52. The molecule has 0 bridgehead atoms.